The molecule has 0 saturated carbocycles. The van der Waals surface area contributed by atoms with Crippen LogP contribution in [0, 0.1) is 12.7 Å². The number of aromatic nitrogens is 3. The Balaban J connectivity index is 1.57. The second-order valence-electron chi connectivity index (χ2n) is 8.21. The number of nitrogens with zero attached hydrogens (tertiary/aromatic N) is 4. The number of rotatable bonds is 4. The van der Waals surface area contributed by atoms with Gasteiger partial charge in [0.2, 0.25) is 0 Å². The highest BCUT2D eigenvalue weighted by atomic mass is 32.2. The van der Waals surface area contributed by atoms with Gasteiger partial charge < -0.3 is 4.74 Å². The van der Waals surface area contributed by atoms with E-state index in [-0.39, 0.29) is 23.1 Å². The molecule has 5 rings (SSSR count). The van der Waals surface area contributed by atoms with Crippen molar-refractivity contribution in [3.05, 3.63) is 72.1 Å². The van der Waals surface area contributed by atoms with Crippen LogP contribution in [0.1, 0.15) is 18.3 Å². The summed E-state index contributed by atoms with van der Waals surface area (Å²) in [5.74, 6) is -0.756. The minimum absolute atomic E-state index is 0.0504. The van der Waals surface area contributed by atoms with Gasteiger partial charge in [-0.05, 0) is 38.1 Å². The van der Waals surface area contributed by atoms with E-state index < -0.39 is 21.8 Å². The van der Waals surface area contributed by atoms with Crippen LogP contribution in [0.25, 0.3) is 16.9 Å². The molecular formula is C24H21FN4O4S. The molecular weight excluding hydrogens is 459 g/mol. The van der Waals surface area contributed by atoms with Crippen LogP contribution in [0.5, 0.6) is 5.75 Å². The first-order valence-electron chi connectivity index (χ1n) is 10.5. The third-order valence-electron chi connectivity index (χ3n) is 5.84. The largest absolute Gasteiger partial charge is 0.476 e. The second-order valence-corrected chi connectivity index (χ2v) is 10.2. The molecule has 2 aromatic carbocycles. The molecule has 1 amide bonds. The highest BCUT2D eigenvalue weighted by Crippen LogP contribution is 2.37. The van der Waals surface area contributed by atoms with Crippen LogP contribution < -0.4 is 9.64 Å². The van der Waals surface area contributed by atoms with E-state index in [2.05, 4.69) is 9.97 Å². The molecule has 0 N–H and O–H groups in total. The molecule has 0 unspecified atom stereocenters. The maximum absolute atomic E-state index is 14.4. The Kier molecular flexibility index (Phi) is 5.12. The summed E-state index contributed by atoms with van der Waals surface area (Å²) in [6.07, 6.45) is 3.74. The van der Waals surface area contributed by atoms with Crippen molar-refractivity contribution >= 4 is 27.1 Å². The van der Waals surface area contributed by atoms with Crippen molar-refractivity contribution < 1.29 is 22.3 Å². The lowest BCUT2D eigenvalue weighted by atomic mass is 10.1. The van der Waals surface area contributed by atoms with Gasteiger partial charge in [-0.1, -0.05) is 18.2 Å². The number of fused-ring (bicyclic) bond motifs is 2. The smallest absolute Gasteiger partial charge is 0.268 e. The Bertz CT molecular complexity index is 1550. The number of carbonyl (C=O) groups excluding carboxylic acids is 1. The summed E-state index contributed by atoms with van der Waals surface area (Å²) in [5, 5.41) is 0. The predicted molar refractivity (Wildman–Crippen MR) is 124 cm³/mol. The van der Waals surface area contributed by atoms with E-state index in [1.807, 2.05) is 11.3 Å². The number of benzene rings is 2. The molecule has 8 nitrogen and oxygen atoms in total. The number of anilines is 1. The minimum atomic E-state index is -3.30. The van der Waals surface area contributed by atoms with Gasteiger partial charge in [-0.15, -0.1) is 0 Å². The van der Waals surface area contributed by atoms with Gasteiger partial charge in [0.25, 0.3) is 5.91 Å². The Labute approximate surface area is 195 Å². The lowest BCUT2D eigenvalue weighted by Gasteiger charge is -2.33. The van der Waals surface area contributed by atoms with Crippen LogP contribution in [0.2, 0.25) is 0 Å². The number of para-hydroxylation sites is 1. The monoisotopic (exact) mass is 480 g/mol. The summed E-state index contributed by atoms with van der Waals surface area (Å²) in [7, 11) is -3.30. The third-order valence-corrected chi connectivity index (χ3v) is 6.97. The van der Waals surface area contributed by atoms with Crippen molar-refractivity contribution in [2.45, 2.75) is 31.4 Å². The van der Waals surface area contributed by atoms with Gasteiger partial charge in [-0.25, -0.2) is 17.8 Å². The molecule has 174 valence electrons. The maximum atomic E-state index is 14.4. The lowest BCUT2D eigenvalue weighted by molar-refractivity contribution is -0.125. The number of amides is 1. The average Bonchev–Trinajstić information content (AvgIpc) is 3.11. The molecule has 0 aliphatic carbocycles. The summed E-state index contributed by atoms with van der Waals surface area (Å²) >= 11 is 0. The van der Waals surface area contributed by atoms with Crippen molar-refractivity contribution in [1.82, 2.24) is 14.4 Å². The first-order valence-corrected chi connectivity index (χ1v) is 12.4. The fourth-order valence-corrected chi connectivity index (χ4v) is 4.67. The number of hydrogen-bond acceptors (Lipinski definition) is 6. The van der Waals surface area contributed by atoms with E-state index >= 15 is 0 Å². The van der Waals surface area contributed by atoms with Crippen LogP contribution in [0.3, 0.4) is 0 Å². The molecule has 0 saturated heterocycles. The number of aryl methyl sites for hydroxylation is 1. The standard InChI is InChI=1S/C24H21FN4O4S/c1-14-21(13-29-20-6-4-5-18(25)23(20)33-15(2)24(29)30)28-12-19(26-11-22(28)27-14)16-7-9-17(10-8-16)34(3,31)32/h4-12,15H,13H2,1-3H3/t15-/m1/s1. The van der Waals surface area contributed by atoms with E-state index in [1.54, 1.807) is 37.5 Å². The van der Waals surface area contributed by atoms with Gasteiger partial charge in [-0.3, -0.25) is 19.1 Å². The van der Waals surface area contributed by atoms with Gasteiger partial charge >= 0.3 is 0 Å². The Morgan fingerprint density at radius 3 is 2.59 bits per heavy atom. The van der Waals surface area contributed by atoms with E-state index in [1.165, 1.54) is 29.2 Å². The molecule has 0 spiro atoms. The number of halogens is 1. The molecule has 1 atom stereocenters. The molecule has 0 radical (unpaired) electrons. The van der Waals surface area contributed by atoms with E-state index in [9.17, 15) is 17.6 Å². The quantitative estimate of drug-likeness (QED) is 0.443. The van der Waals surface area contributed by atoms with Crippen molar-refractivity contribution in [1.29, 1.82) is 0 Å². The van der Waals surface area contributed by atoms with E-state index in [4.69, 9.17) is 4.74 Å². The molecule has 1 aliphatic rings. The van der Waals surface area contributed by atoms with Crippen LogP contribution >= 0.6 is 0 Å². The van der Waals surface area contributed by atoms with Crippen molar-refractivity contribution in [3.63, 3.8) is 0 Å². The fourth-order valence-electron chi connectivity index (χ4n) is 4.04. The van der Waals surface area contributed by atoms with Crippen molar-refractivity contribution in [2.24, 2.45) is 0 Å². The number of imidazole rings is 1. The molecule has 4 aromatic rings. The van der Waals surface area contributed by atoms with Gasteiger partial charge in [0.05, 0.1) is 40.4 Å². The fraction of sp³-hybridized carbons (Fsp3) is 0.208. The highest BCUT2D eigenvalue weighted by Gasteiger charge is 2.34. The van der Waals surface area contributed by atoms with Gasteiger partial charge in [0, 0.05) is 18.0 Å². The molecule has 2 aromatic heterocycles. The first kappa shape index (κ1) is 22.0. The Hall–Kier alpha value is -3.79. The zero-order valence-electron chi connectivity index (χ0n) is 18.7. The van der Waals surface area contributed by atoms with Gasteiger partial charge in [0.15, 0.2) is 33.2 Å². The second kappa shape index (κ2) is 7.91. The van der Waals surface area contributed by atoms with E-state index in [0.29, 0.717) is 22.7 Å². The van der Waals surface area contributed by atoms with Crippen LogP contribution in [0.4, 0.5) is 10.1 Å². The topological polar surface area (TPSA) is 93.9 Å². The maximum Gasteiger partial charge on any atom is 0.268 e. The van der Waals surface area contributed by atoms with Crippen LogP contribution in [-0.4, -0.2) is 41.1 Å². The zero-order chi connectivity index (χ0) is 24.2. The zero-order valence-corrected chi connectivity index (χ0v) is 19.5. The summed E-state index contributed by atoms with van der Waals surface area (Å²) in [4.78, 5) is 23.7. The van der Waals surface area contributed by atoms with Crippen molar-refractivity contribution in [2.75, 3.05) is 11.2 Å². The normalized spacial score (nSPS) is 15.9. The van der Waals surface area contributed by atoms with Crippen molar-refractivity contribution in [3.8, 4) is 17.0 Å². The van der Waals surface area contributed by atoms with Crippen LogP contribution in [-0.2, 0) is 21.2 Å². The number of hydrogen-bond donors (Lipinski definition) is 0. The molecule has 0 fully saturated rings. The summed E-state index contributed by atoms with van der Waals surface area (Å²) in [6, 6.07) is 11.0. The predicted octanol–water partition coefficient (Wildman–Crippen LogP) is 3.56. The van der Waals surface area contributed by atoms with E-state index in [0.717, 1.165) is 17.5 Å². The Morgan fingerprint density at radius 1 is 1.15 bits per heavy atom. The number of ether oxygens (including phenoxy) is 1. The molecule has 3 heterocycles. The third kappa shape index (κ3) is 3.69. The molecule has 34 heavy (non-hydrogen) atoms. The van der Waals surface area contributed by atoms with Gasteiger partial charge in [0.1, 0.15) is 0 Å². The molecule has 10 heteroatoms. The minimum Gasteiger partial charge on any atom is -0.476 e. The highest BCUT2D eigenvalue weighted by molar-refractivity contribution is 7.90. The number of carbonyl (C=O) groups is 1. The summed E-state index contributed by atoms with van der Waals surface area (Å²) in [5.41, 5.74) is 3.75. The lowest BCUT2D eigenvalue weighted by Crippen LogP contribution is -2.44. The molecule has 0 bridgehead atoms. The van der Waals surface area contributed by atoms with Gasteiger partial charge in [-0.2, -0.15) is 0 Å². The Morgan fingerprint density at radius 2 is 1.88 bits per heavy atom. The summed E-state index contributed by atoms with van der Waals surface area (Å²) < 4.78 is 45.2. The average molecular weight is 481 g/mol. The summed E-state index contributed by atoms with van der Waals surface area (Å²) in [6.45, 7) is 3.59. The van der Waals surface area contributed by atoms with Crippen LogP contribution in [0.15, 0.2) is 59.8 Å². The number of sulfone groups is 1. The first-order chi connectivity index (χ1) is 16.1. The molecule has 1 aliphatic heterocycles. The SMILES string of the molecule is Cc1nc2cnc(-c3ccc(S(C)(=O)=O)cc3)cn2c1CN1C(=O)[C@@H](C)Oc2c(F)cccc21.